The zero-order chi connectivity index (χ0) is 50.8. The van der Waals surface area contributed by atoms with Crippen LogP contribution in [0.15, 0.2) is 146 Å². The van der Waals surface area contributed by atoms with E-state index in [0.29, 0.717) is 0 Å². The molecule has 0 atom stereocenters. The fourth-order valence-corrected chi connectivity index (χ4v) is 7.81. The molecule has 72 heavy (non-hydrogen) atoms. The van der Waals surface area contributed by atoms with Crippen LogP contribution in [0.25, 0.3) is 43.1 Å². The van der Waals surface area contributed by atoms with Crippen LogP contribution in [0.2, 0.25) is 0 Å². The minimum Gasteiger partial charge on any atom is -0.207 e. The Morgan fingerprint density at radius 1 is 0.181 bits per heavy atom. The molecule has 0 unspecified atom stereocenters. The second-order valence-corrected chi connectivity index (χ2v) is 15.6. The molecule has 348 valence electrons. The van der Waals surface area contributed by atoms with E-state index in [-0.39, 0.29) is 44.3 Å². The third-order valence-electron chi connectivity index (χ3n) is 11.3. The van der Waals surface area contributed by atoms with Gasteiger partial charge in [0.05, 0.1) is 0 Å². The fraction of sp³-hybridized carbons (Fsp3) is 0. The summed E-state index contributed by atoms with van der Waals surface area (Å²) in [6.07, 6.45) is 0. The molecule has 0 heterocycles. The molecule has 0 aromatic heterocycles. The van der Waals surface area contributed by atoms with Gasteiger partial charge in [0.2, 0.25) is 11.6 Å². The molecule has 0 nitrogen and oxygen atoms in total. The molecule has 0 spiro atoms. The van der Waals surface area contributed by atoms with Crippen LogP contribution >= 0.6 is 0 Å². The Morgan fingerprint density at radius 3 is 0.583 bits per heavy atom. The second-order valence-electron chi connectivity index (χ2n) is 15.6. The molecule has 10 aromatic rings. The molecule has 0 radical (unpaired) electrons. The molecule has 0 amide bonds. The van der Waals surface area contributed by atoms with Gasteiger partial charge in [-0.25, -0.2) is 52.7 Å². The highest BCUT2D eigenvalue weighted by Crippen LogP contribution is 2.35. The summed E-state index contributed by atoms with van der Waals surface area (Å²) in [6, 6.07) is 40.5. The molecular formula is C60H24F12. The van der Waals surface area contributed by atoms with Gasteiger partial charge in [0.15, 0.2) is 46.5 Å². The maximum atomic E-state index is 14.2. The van der Waals surface area contributed by atoms with Gasteiger partial charge < -0.3 is 0 Å². The van der Waals surface area contributed by atoms with Gasteiger partial charge in [0, 0.05) is 33.4 Å². The zero-order valence-corrected chi connectivity index (χ0v) is 36.4. The molecular weight excluding hydrogens is 949 g/mol. The lowest BCUT2D eigenvalue weighted by Crippen LogP contribution is -2.04. The molecule has 0 fully saturated rings. The molecule has 0 saturated heterocycles. The van der Waals surface area contributed by atoms with Gasteiger partial charge in [-0.15, -0.1) is 0 Å². The van der Waals surface area contributed by atoms with Crippen molar-refractivity contribution in [1.82, 2.24) is 0 Å². The van der Waals surface area contributed by atoms with Crippen molar-refractivity contribution in [3.63, 3.8) is 0 Å². The Hall–Kier alpha value is -9.36. The minimum absolute atomic E-state index is 0.0805. The van der Waals surface area contributed by atoms with Crippen molar-refractivity contribution in [3.8, 4) is 47.4 Å². The molecule has 12 heteroatoms. The molecule has 0 aliphatic rings. The first-order chi connectivity index (χ1) is 34.7. The molecule has 0 aliphatic heterocycles. The Morgan fingerprint density at radius 2 is 0.361 bits per heavy atom. The van der Waals surface area contributed by atoms with E-state index in [1.807, 2.05) is 60.4 Å². The SMILES string of the molecule is Fc1c(F)c(F)c(C#Cc2c3ccccc3c(C#Cc3c(F)c(F)c(F)c(F)c3F)c3ccccc23)c(F)c1F.Fc1ccc(C#Cc2c3ccccc3c(C#Cc3ccc(F)cc3)c3ccccc23)cc1. The van der Waals surface area contributed by atoms with Gasteiger partial charge in [-0.1, -0.05) is 144 Å². The third kappa shape index (κ3) is 9.02. The Labute approximate surface area is 401 Å². The number of benzene rings is 10. The Balaban J connectivity index is 0.000000182. The van der Waals surface area contributed by atoms with Crippen molar-refractivity contribution in [2.45, 2.75) is 0 Å². The summed E-state index contributed by atoms with van der Waals surface area (Å²) in [4.78, 5) is 0. The monoisotopic (exact) mass is 972 g/mol. The van der Waals surface area contributed by atoms with Crippen LogP contribution in [0.4, 0.5) is 52.7 Å². The molecule has 0 aliphatic carbocycles. The van der Waals surface area contributed by atoms with Gasteiger partial charge in [0.25, 0.3) is 0 Å². The summed E-state index contributed by atoms with van der Waals surface area (Å²) in [5, 5.41) is 5.01. The van der Waals surface area contributed by atoms with E-state index in [2.05, 4.69) is 35.5 Å². The zero-order valence-electron chi connectivity index (χ0n) is 36.4. The van der Waals surface area contributed by atoms with Gasteiger partial charge in [0.1, 0.15) is 22.8 Å². The predicted molar refractivity (Wildman–Crippen MR) is 252 cm³/mol. The normalized spacial score (nSPS) is 10.6. The fourth-order valence-electron chi connectivity index (χ4n) is 7.81. The Kier molecular flexibility index (Phi) is 13.2. The quantitative estimate of drug-likeness (QED) is 0.0467. The van der Waals surface area contributed by atoms with Crippen molar-refractivity contribution in [2.75, 3.05) is 0 Å². The summed E-state index contributed by atoms with van der Waals surface area (Å²) in [7, 11) is 0. The molecule has 10 rings (SSSR count). The topological polar surface area (TPSA) is 0 Å². The highest BCUT2D eigenvalue weighted by Gasteiger charge is 2.26. The van der Waals surface area contributed by atoms with E-state index in [1.165, 1.54) is 72.8 Å². The maximum Gasteiger partial charge on any atom is 0.200 e. The van der Waals surface area contributed by atoms with Crippen molar-refractivity contribution >= 4 is 43.1 Å². The van der Waals surface area contributed by atoms with E-state index in [9.17, 15) is 52.7 Å². The summed E-state index contributed by atoms with van der Waals surface area (Å²) in [5.74, 6) is -0.559. The number of halogens is 12. The predicted octanol–water partition coefficient (Wildman–Crippen LogP) is 15.3. The van der Waals surface area contributed by atoms with E-state index in [1.54, 1.807) is 24.3 Å². The number of fused-ring (bicyclic) bond motifs is 4. The lowest BCUT2D eigenvalue weighted by molar-refractivity contribution is 0.376. The van der Waals surface area contributed by atoms with Gasteiger partial charge in [-0.2, -0.15) is 0 Å². The molecule has 0 saturated carbocycles. The summed E-state index contributed by atoms with van der Waals surface area (Å²) in [5.41, 5.74) is 0.758. The minimum atomic E-state index is -2.34. The van der Waals surface area contributed by atoms with Crippen molar-refractivity contribution in [1.29, 1.82) is 0 Å². The van der Waals surface area contributed by atoms with Crippen molar-refractivity contribution in [3.05, 3.63) is 260 Å². The summed E-state index contributed by atoms with van der Waals surface area (Å²) >= 11 is 0. The highest BCUT2D eigenvalue weighted by molar-refractivity contribution is 6.11. The third-order valence-corrected chi connectivity index (χ3v) is 11.3. The lowest BCUT2D eigenvalue weighted by atomic mass is 9.91. The van der Waals surface area contributed by atoms with Gasteiger partial charge >= 0.3 is 0 Å². The average molecular weight is 973 g/mol. The number of hydrogen-bond donors (Lipinski definition) is 0. The Bertz CT molecular complexity index is 3690. The van der Waals surface area contributed by atoms with Crippen LogP contribution < -0.4 is 0 Å². The molecule has 0 bridgehead atoms. The highest BCUT2D eigenvalue weighted by atomic mass is 19.2. The standard InChI is InChI=1S/C30H8F10.C30H16F2/c31-21-19(22(32)26(36)29(39)25(21)35)11-9-17-13-5-1-2-6-14(13)18(16-8-4-3-7-15(16)17)10-12-20-23(33)27(37)30(40)28(38)24(20)34;31-23-15-9-21(10-16-23)13-19-29-25-5-1-2-6-26(25)30(28-8-4-3-7-27(28)29)20-14-22-11-17-24(32)18-12-22/h1-8H;1-12,15-18H. The maximum absolute atomic E-state index is 14.2. The van der Waals surface area contributed by atoms with Crippen LogP contribution in [-0.2, 0) is 0 Å². The van der Waals surface area contributed by atoms with E-state index in [0.717, 1.165) is 43.8 Å². The smallest absolute Gasteiger partial charge is 0.200 e. The average Bonchev–Trinajstić information content (AvgIpc) is 3.40. The van der Waals surface area contributed by atoms with Crippen molar-refractivity contribution < 1.29 is 52.7 Å². The first kappa shape index (κ1) is 47.7. The largest absolute Gasteiger partial charge is 0.207 e. The van der Waals surface area contributed by atoms with Crippen LogP contribution in [0.3, 0.4) is 0 Å². The summed E-state index contributed by atoms with van der Waals surface area (Å²) in [6.45, 7) is 0. The number of rotatable bonds is 0. The van der Waals surface area contributed by atoms with E-state index < -0.39 is 69.3 Å². The van der Waals surface area contributed by atoms with E-state index in [4.69, 9.17) is 0 Å². The lowest BCUT2D eigenvalue weighted by Gasteiger charge is -2.11. The number of hydrogen-bond acceptors (Lipinski definition) is 0. The van der Waals surface area contributed by atoms with Crippen LogP contribution in [-0.4, -0.2) is 0 Å². The van der Waals surface area contributed by atoms with Gasteiger partial charge in [-0.3, -0.25) is 0 Å². The van der Waals surface area contributed by atoms with Crippen molar-refractivity contribution in [2.24, 2.45) is 0 Å². The van der Waals surface area contributed by atoms with Crippen LogP contribution in [0.1, 0.15) is 44.5 Å². The van der Waals surface area contributed by atoms with Gasteiger partial charge in [-0.05, 0) is 91.6 Å². The van der Waals surface area contributed by atoms with Crippen LogP contribution in [0, 0.1) is 117 Å². The van der Waals surface area contributed by atoms with Crippen LogP contribution in [0.5, 0.6) is 0 Å². The molecule has 10 aromatic carbocycles. The molecule has 0 N–H and O–H groups in total. The first-order valence-corrected chi connectivity index (χ1v) is 21.2. The first-order valence-electron chi connectivity index (χ1n) is 21.2. The summed E-state index contributed by atoms with van der Waals surface area (Å²) < 4.78 is 165. The van der Waals surface area contributed by atoms with E-state index >= 15 is 0 Å². The second kappa shape index (κ2) is 19.9.